The van der Waals surface area contributed by atoms with E-state index in [0.29, 0.717) is 0 Å². The van der Waals surface area contributed by atoms with Gasteiger partial charge in [0.05, 0.1) is 11.8 Å². The molecule has 2 heterocycles. The lowest BCUT2D eigenvalue weighted by Gasteiger charge is -2.29. The first-order valence-electron chi connectivity index (χ1n) is 9.46. The van der Waals surface area contributed by atoms with Crippen molar-refractivity contribution in [3.8, 4) is 0 Å². The van der Waals surface area contributed by atoms with Crippen LogP contribution in [-0.4, -0.2) is 45.5 Å². The number of carbonyl (C=O) groups is 2. The highest BCUT2D eigenvalue weighted by Gasteiger charge is 2.60. The molecule has 1 fully saturated rings. The number of halogens is 1. The Labute approximate surface area is 168 Å². The first-order valence-corrected chi connectivity index (χ1v) is 9.46. The molecule has 9 nitrogen and oxygen atoms in total. The summed E-state index contributed by atoms with van der Waals surface area (Å²) in [5.74, 6) is -2.10. The van der Waals surface area contributed by atoms with E-state index in [-0.39, 0.29) is 5.82 Å². The summed E-state index contributed by atoms with van der Waals surface area (Å²) in [6.07, 6.45) is -3.70. The third kappa shape index (κ3) is 4.75. The summed E-state index contributed by atoms with van der Waals surface area (Å²) < 4.78 is 33.3. The summed E-state index contributed by atoms with van der Waals surface area (Å²) in [5, 5.41) is 0. The maximum Gasteiger partial charge on any atom is 0.351 e. The molecule has 1 unspecified atom stereocenters. The van der Waals surface area contributed by atoms with E-state index in [1.165, 1.54) is 19.2 Å². The van der Waals surface area contributed by atoms with Gasteiger partial charge in [-0.3, -0.25) is 14.2 Å². The van der Waals surface area contributed by atoms with Gasteiger partial charge in [0.2, 0.25) is 0 Å². The summed E-state index contributed by atoms with van der Waals surface area (Å²) >= 11 is 0. The summed E-state index contributed by atoms with van der Waals surface area (Å²) in [5.41, 5.74) is 2.36. The molecular formula is C19H28FN3O6. The van der Waals surface area contributed by atoms with Crippen LogP contribution in [0.5, 0.6) is 0 Å². The van der Waals surface area contributed by atoms with Crippen molar-refractivity contribution >= 4 is 17.8 Å². The topological polar surface area (TPSA) is 123 Å². The van der Waals surface area contributed by atoms with Gasteiger partial charge in [0.1, 0.15) is 18.0 Å². The number of hydrogen-bond acceptors (Lipinski definition) is 8. The Balaban J connectivity index is 2.42. The minimum absolute atomic E-state index is 0.0247. The highest BCUT2D eigenvalue weighted by molar-refractivity contribution is 5.72. The van der Waals surface area contributed by atoms with Crippen molar-refractivity contribution in [1.82, 2.24) is 9.55 Å². The van der Waals surface area contributed by atoms with E-state index < -0.39 is 59.7 Å². The standard InChI is InChI=1S/C19H28FN3O6/c1-9(2)15(24)27-11(5)13-14(29-16(25)10(3)4)19(6,20)17(28-13)23-8-7-12(21)22-18(23)26/h7-11,13-14,17H,1-6H3,(H2,21,22,26)/t11-,13?,14+,17+,19+/m0/s1. The van der Waals surface area contributed by atoms with Crippen molar-refractivity contribution in [3.63, 3.8) is 0 Å². The molecule has 1 aromatic heterocycles. The SMILES string of the molecule is CC(C)C(=O)O[C@@H](C)C1O[C@@H](n2ccc(N)nc2=O)[C@](C)(F)[C@@H]1OC(=O)C(C)C. The molecule has 0 aliphatic carbocycles. The Hall–Kier alpha value is -2.49. The third-order valence-electron chi connectivity index (χ3n) is 4.68. The van der Waals surface area contributed by atoms with Crippen LogP contribution in [0.4, 0.5) is 10.2 Å². The molecule has 1 saturated heterocycles. The zero-order chi connectivity index (χ0) is 22.1. The van der Waals surface area contributed by atoms with Crippen LogP contribution < -0.4 is 11.4 Å². The molecule has 162 valence electrons. The van der Waals surface area contributed by atoms with Crippen molar-refractivity contribution in [3.05, 3.63) is 22.7 Å². The van der Waals surface area contributed by atoms with Crippen molar-refractivity contribution in [1.29, 1.82) is 0 Å². The fourth-order valence-electron chi connectivity index (χ4n) is 2.94. The molecule has 0 saturated carbocycles. The number of alkyl halides is 1. The van der Waals surface area contributed by atoms with Crippen LogP contribution >= 0.6 is 0 Å². The van der Waals surface area contributed by atoms with Crippen LogP contribution in [0.2, 0.25) is 0 Å². The number of anilines is 1. The molecule has 0 aromatic carbocycles. The maximum atomic E-state index is 15.9. The number of nitrogens with two attached hydrogens (primary N) is 1. The molecule has 10 heteroatoms. The molecular weight excluding hydrogens is 385 g/mol. The molecule has 1 aromatic rings. The van der Waals surface area contributed by atoms with E-state index in [1.54, 1.807) is 27.7 Å². The van der Waals surface area contributed by atoms with Crippen LogP contribution in [-0.2, 0) is 23.8 Å². The Kier molecular flexibility index (Phi) is 6.67. The van der Waals surface area contributed by atoms with Gasteiger partial charge in [-0.2, -0.15) is 4.98 Å². The third-order valence-corrected chi connectivity index (χ3v) is 4.68. The molecule has 0 spiro atoms. The predicted molar refractivity (Wildman–Crippen MR) is 101 cm³/mol. The summed E-state index contributed by atoms with van der Waals surface area (Å²) in [4.78, 5) is 40.0. The second kappa shape index (κ2) is 8.48. The highest BCUT2D eigenvalue weighted by Crippen LogP contribution is 2.44. The lowest BCUT2D eigenvalue weighted by atomic mass is 9.95. The first kappa shape index (κ1) is 22.8. The number of rotatable bonds is 6. The number of aromatic nitrogens is 2. The van der Waals surface area contributed by atoms with Crippen LogP contribution in [0.25, 0.3) is 0 Å². The van der Waals surface area contributed by atoms with Crippen molar-refractivity contribution < 1.29 is 28.2 Å². The van der Waals surface area contributed by atoms with Crippen molar-refractivity contribution in [2.24, 2.45) is 11.8 Å². The zero-order valence-electron chi connectivity index (χ0n) is 17.4. The average Bonchev–Trinajstić information content (AvgIpc) is 2.86. The lowest BCUT2D eigenvalue weighted by molar-refractivity contribution is -0.172. The molecule has 1 aliphatic rings. The number of nitrogens with zero attached hydrogens (tertiary/aromatic N) is 2. The molecule has 0 radical (unpaired) electrons. The second-order valence-corrected chi connectivity index (χ2v) is 7.96. The predicted octanol–water partition coefficient (Wildman–Crippen LogP) is 1.61. The molecule has 29 heavy (non-hydrogen) atoms. The van der Waals surface area contributed by atoms with E-state index in [4.69, 9.17) is 19.9 Å². The van der Waals surface area contributed by atoms with Gasteiger partial charge in [0.25, 0.3) is 0 Å². The molecule has 0 amide bonds. The van der Waals surface area contributed by atoms with Crippen molar-refractivity contribution in [2.75, 3.05) is 5.73 Å². The zero-order valence-corrected chi connectivity index (χ0v) is 17.4. The van der Waals surface area contributed by atoms with E-state index in [2.05, 4.69) is 4.98 Å². The lowest BCUT2D eigenvalue weighted by Crippen LogP contribution is -2.48. The van der Waals surface area contributed by atoms with Gasteiger partial charge in [-0.25, -0.2) is 9.18 Å². The summed E-state index contributed by atoms with van der Waals surface area (Å²) in [7, 11) is 0. The van der Waals surface area contributed by atoms with Gasteiger partial charge in [-0.15, -0.1) is 0 Å². The van der Waals surface area contributed by atoms with Gasteiger partial charge in [0, 0.05) is 6.20 Å². The molecule has 5 atom stereocenters. The number of nitrogen functional groups attached to an aromatic ring is 1. The first-order chi connectivity index (χ1) is 13.4. The van der Waals surface area contributed by atoms with Crippen LogP contribution in [0.3, 0.4) is 0 Å². The van der Waals surface area contributed by atoms with Crippen LogP contribution in [0.1, 0.15) is 47.8 Å². The van der Waals surface area contributed by atoms with Gasteiger partial charge in [-0.05, 0) is 19.9 Å². The van der Waals surface area contributed by atoms with Crippen LogP contribution in [0, 0.1) is 11.8 Å². The Morgan fingerprint density at radius 2 is 1.83 bits per heavy atom. The fourth-order valence-corrected chi connectivity index (χ4v) is 2.94. The van der Waals surface area contributed by atoms with E-state index in [9.17, 15) is 14.4 Å². The van der Waals surface area contributed by atoms with Gasteiger partial charge >= 0.3 is 17.6 Å². The Morgan fingerprint density at radius 1 is 1.24 bits per heavy atom. The monoisotopic (exact) mass is 413 g/mol. The molecule has 0 bridgehead atoms. The summed E-state index contributed by atoms with van der Waals surface area (Å²) in [6.45, 7) is 9.21. The second-order valence-electron chi connectivity index (χ2n) is 7.96. The minimum atomic E-state index is -2.31. The van der Waals surface area contributed by atoms with Crippen LogP contribution in [0.15, 0.2) is 17.1 Å². The number of ether oxygens (including phenoxy) is 3. The average molecular weight is 413 g/mol. The maximum absolute atomic E-state index is 15.9. The number of hydrogen-bond donors (Lipinski definition) is 1. The van der Waals surface area contributed by atoms with Gasteiger partial charge in [0.15, 0.2) is 18.0 Å². The van der Waals surface area contributed by atoms with E-state index in [1.807, 2.05) is 0 Å². The summed E-state index contributed by atoms with van der Waals surface area (Å²) in [6, 6.07) is 1.32. The van der Waals surface area contributed by atoms with E-state index in [0.717, 1.165) is 11.5 Å². The Morgan fingerprint density at radius 3 is 2.34 bits per heavy atom. The number of esters is 2. The van der Waals surface area contributed by atoms with Gasteiger partial charge in [-0.1, -0.05) is 27.7 Å². The smallest absolute Gasteiger partial charge is 0.351 e. The number of carbonyl (C=O) groups excluding carboxylic acids is 2. The molecule has 2 rings (SSSR count). The molecule has 2 N–H and O–H groups in total. The highest BCUT2D eigenvalue weighted by atomic mass is 19.1. The Bertz CT molecular complexity index is 822. The fraction of sp³-hybridized carbons (Fsp3) is 0.684. The normalized spacial score (nSPS) is 27.8. The molecule has 1 aliphatic heterocycles. The minimum Gasteiger partial charge on any atom is -0.460 e. The van der Waals surface area contributed by atoms with Crippen molar-refractivity contribution in [2.45, 2.75) is 71.8 Å². The largest absolute Gasteiger partial charge is 0.460 e. The van der Waals surface area contributed by atoms with Gasteiger partial charge < -0.3 is 19.9 Å². The quantitative estimate of drug-likeness (QED) is 0.698. The van der Waals surface area contributed by atoms with E-state index >= 15 is 4.39 Å².